The zero-order chi connectivity index (χ0) is 24.0. The van der Waals surface area contributed by atoms with Crippen molar-refractivity contribution in [2.45, 2.75) is 50.7 Å². The van der Waals surface area contributed by atoms with Crippen molar-refractivity contribution in [3.63, 3.8) is 0 Å². The summed E-state index contributed by atoms with van der Waals surface area (Å²) >= 11 is 0. The van der Waals surface area contributed by atoms with Gasteiger partial charge < -0.3 is 14.7 Å². The van der Waals surface area contributed by atoms with Gasteiger partial charge in [0, 0.05) is 45.3 Å². The fourth-order valence-electron chi connectivity index (χ4n) is 5.36. The monoisotopic (exact) mass is 462 g/mol. The van der Waals surface area contributed by atoms with Crippen LogP contribution in [0.15, 0.2) is 18.2 Å². The third-order valence-electron chi connectivity index (χ3n) is 7.59. The lowest BCUT2D eigenvalue weighted by Crippen LogP contribution is -2.48. The van der Waals surface area contributed by atoms with Crippen LogP contribution in [0.4, 0.5) is 18.9 Å². The molecule has 1 spiro atoms. The van der Waals surface area contributed by atoms with Crippen molar-refractivity contribution >= 4 is 17.5 Å². The molecule has 2 heterocycles. The predicted molar refractivity (Wildman–Crippen MR) is 116 cm³/mol. The third kappa shape index (κ3) is 4.40. The number of carbonyl (C=O) groups is 2. The topological polar surface area (TPSA) is 67.7 Å². The van der Waals surface area contributed by atoms with Crippen LogP contribution < -0.4 is 4.90 Å². The SMILES string of the molecule is CN(C)C(=O)C1CC2(CCN(c3ccc(C#N)c(C(F)(F)F)c3)CC2)CN1C(=O)C1CCC1. The van der Waals surface area contributed by atoms with E-state index < -0.39 is 17.8 Å². The number of hydrogen-bond donors (Lipinski definition) is 0. The molecule has 0 aromatic heterocycles. The minimum atomic E-state index is -4.59. The third-order valence-corrected chi connectivity index (χ3v) is 7.59. The molecule has 1 aromatic rings. The molecule has 2 saturated heterocycles. The maximum absolute atomic E-state index is 13.4. The number of anilines is 1. The quantitative estimate of drug-likeness (QED) is 0.688. The van der Waals surface area contributed by atoms with Gasteiger partial charge in [0.05, 0.1) is 17.2 Å². The molecule has 1 saturated carbocycles. The van der Waals surface area contributed by atoms with Crippen molar-refractivity contribution in [2.24, 2.45) is 11.3 Å². The number of benzene rings is 1. The number of likely N-dealkylation sites (tertiary alicyclic amines) is 1. The first-order valence-electron chi connectivity index (χ1n) is 11.4. The second-order valence-corrected chi connectivity index (χ2v) is 9.87. The van der Waals surface area contributed by atoms with Crippen molar-refractivity contribution < 1.29 is 22.8 Å². The highest BCUT2D eigenvalue weighted by Gasteiger charge is 2.51. The molecule has 1 aromatic carbocycles. The molecule has 3 fully saturated rings. The molecule has 1 unspecified atom stereocenters. The van der Waals surface area contributed by atoms with Crippen molar-refractivity contribution in [3.05, 3.63) is 29.3 Å². The van der Waals surface area contributed by atoms with E-state index in [2.05, 4.69) is 0 Å². The molecule has 6 nitrogen and oxygen atoms in total. The number of rotatable bonds is 3. The standard InChI is InChI=1S/C24H29F3N4O2/c1-29(2)22(33)20-13-23(15-31(20)21(32)16-4-3-5-16)8-10-30(11-9-23)18-7-6-17(14-28)19(12-18)24(25,26)27/h6-7,12,16,20H,3-5,8-11,13,15H2,1-2H3. The van der Waals surface area contributed by atoms with E-state index in [1.54, 1.807) is 31.1 Å². The predicted octanol–water partition coefficient (Wildman–Crippen LogP) is 3.65. The van der Waals surface area contributed by atoms with Gasteiger partial charge in [-0.05, 0) is 55.7 Å². The van der Waals surface area contributed by atoms with Crippen molar-refractivity contribution in [2.75, 3.05) is 38.6 Å². The fraction of sp³-hybridized carbons (Fsp3) is 0.625. The van der Waals surface area contributed by atoms with E-state index in [1.807, 2.05) is 4.90 Å². The molecule has 178 valence electrons. The molecule has 0 radical (unpaired) electrons. The van der Waals surface area contributed by atoms with E-state index in [0.717, 1.165) is 25.3 Å². The van der Waals surface area contributed by atoms with Gasteiger partial charge in [0.15, 0.2) is 0 Å². The maximum atomic E-state index is 13.4. The van der Waals surface area contributed by atoms with Crippen LogP contribution in [0.5, 0.6) is 0 Å². The number of likely N-dealkylation sites (N-methyl/N-ethyl adjacent to an activating group) is 1. The molecule has 1 aliphatic carbocycles. The Hall–Kier alpha value is -2.76. The van der Waals surface area contributed by atoms with E-state index in [1.165, 1.54) is 11.0 Å². The number of carbonyl (C=O) groups excluding carboxylic acids is 2. The molecular weight excluding hydrogens is 433 g/mol. The average molecular weight is 463 g/mol. The molecule has 3 aliphatic rings. The summed E-state index contributed by atoms with van der Waals surface area (Å²) in [5.74, 6) is 0.0173. The highest BCUT2D eigenvalue weighted by molar-refractivity contribution is 5.89. The Kier molecular flexibility index (Phi) is 6.06. The highest BCUT2D eigenvalue weighted by atomic mass is 19.4. The normalized spacial score (nSPS) is 22.7. The summed E-state index contributed by atoms with van der Waals surface area (Å²) in [5.41, 5.74) is -1.06. The van der Waals surface area contributed by atoms with Crippen molar-refractivity contribution in [1.82, 2.24) is 9.80 Å². The van der Waals surface area contributed by atoms with Crippen LogP contribution in [-0.4, -0.2) is 61.4 Å². The summed E-state index contributed by atoms with van der Waals surface area (Å²) in [6.07, 6.45) is 0.183. The molecule has 0 bridgehead atoms. The Morgan fingerprint density at radius 2 is 1.85 bits per heavy atom. The van der Waals surface area contributed by atoms with Gasteiger partial charge in [-0.25, -0.2) is 0 Å². The zero-order valence-electron chi connectivity index (χ0n) is 19.0. The van der Waals surface area contributed by atoms with E-state index >= 15 is 0 Å². The summed E-state index contributed by atoms with van der Waals surface area (Å²) in [7, 11) is 3.40. The molecule has 33 heavy (non-hydrogen) atoms. The first-order valence-corrected chi connectivity index (χ1v) is 11.4. The van der Waals surface area contributed by atoms with Crippen LogP contribution in [-0.2, 0) is 15.8 Å². The number of halogens is 3. The largest absolute Gasteiger partial charge is 0.417 e. The highest BCUT2D eigenvalue weighted by Crippen LogP contribution is 2.46. The van der Waals surface area contributed by atoms with Crippen molar-refractivity contribution in [1.29, 1.82) is 5.26 Å². The molecule has 2 aliphatic heterocycles. The smallest absolute Gasteiger partial charge is 0.371 e. The number of alkyl halides is 3. The summed E-state index contributed by atoms with van der Waals surface area (Å²) in [6, 6.07) is 4.99. The fourth-order valence-corrected chi connectivity index (χ4v) is 5.36. The van der Waals surface area contributed by atoms with Crippen LogP contribution in [0.25, 0.3) is 0 Å². The van der Waals surface area contributed by atoms with E-state index in [-0.39, 0.29) is 28.7 Å². The molecule has 9 heteroatoms. The van der Waals surface area contributed by atoms with Gasteiger partial charge in [-0.15, -0.1) is 0 Å². The lowest BCUT2D eigenvalue weighted by molar-refractivity contribution is -0.146. The lowest BCUT2D eigenvalue weighted by Gasteiger charge is -2.40. The summed E-state index contributed by atoms with van der Waals surface area (Å²) in [5, 5.41) is 9.03. The second-order valence-electron chi connectivity index (χ2n) is 9.87. The van der Waals surface area contributed by atoms with Gasteiger partial charge in [-0.1, -0.05) is 6.42 Å². The number of amides is 2. The Morgan fingerprint density at radius 3 is 2.36 bits per heavy atom. The van der Waals surface area contributed by atoms with Crippen LogP contribution in [0.1, 0.15) is 49.7 Å². The summed E-state index contributed by atoms with van der Waals surface area (Å²) < 4.78 is 40.1. The average Bonchev–Trinajstić information content (AvgIpc) is 3.10. The minimum Gasteiger partial charge on any atom is -0.371 e. The van der Waals surface area contributed by atoms with Gasteiger partial charge in [-0.3, -0.25) is 9.59 Å². The van der Waals surface area contributed by atoms with Gasteiger partial charge >= 0.3 is 6.18 Å². The van der Waals surface area contributed by atoms with E-state index in [0.29, 0.717) is 44.6 Å². The van der Waals surface area contributed by atoms with Gasteiger partial charge in [0.25, 0.3) is 0 Å². The number of piperidine rings is 1. The maximum Gasteiger partial charge on any atom is 0.417 e. The first kappa shape index (κ1) is 23.4. The molecule has 2 amide bonds. The van der Waals surface area contributed by atoms with Crippen molar-refractivity contribution in [3.8, 4) is 6.07 Å². The van der Waals surface area contributed by atoms with E-state index in [9.17, 15) is 22.8 Å². The Balaban J connectivity index is 1.51. The van der Waals surface area contributed by atoms with Crippen LogP contribution in [0, 0.1) is 22.7 Å². The lowest BCUT2D eigenvalue weighted by atomic mass is 9.76. The molecule has 4 rings (SSSR count). The number of hydrogen-bond acceptors (Lipinski definition) is 4. The van der Waals surface area contributed by atoms with Gasteiger partial charge in [0.1, 0.15) is 6.04 Å². The number of nitrogens with zero attached hydrogens (tertiary/aromatic N) is 4. The minimum absolute atomic E-state index is 0.0112. The number of nitriles is 1. The molecule has 1 atom stereocenters. The second kappa shape index (κ2) is 8.54. The first-order chi connectivity index (χ1) is 15.5. The summed E-state index contributed by atoms with van der Waals surface area (Å²) in [4.78, 5) is 31.2. The van der Waals surface area contributed by atoms with Crippen LogP contribution in [0.2, 0.25) is 0 Å². The molecule has 0 N–H and O–H groups in total. The Bertz CT molecular complexity index is 973. The zero-order valence-corrected chi connectivity index (χ0v) is 19.0. The van der Waals surface area contributed by atoms with Crippen LogP contribution in [0.3, 0.4) is 0 Å². The Labute approximate surface area is 191 Å². The molecular formula is C24H29F3N4O2. The van der Waals surface area contributed by atoms with Gasteiger partial charge in [-0.2, -0.15) is 18.4 Å². The summed E-state index contributed by atoms with van der Waals surface area (Å²) in [6.45, 7) is 1.61. The van der Waals surface area contributed by atoms with E-state index in [4.69, 9.17) is 5.26 Å². The van der Waals surface area contributed by atoms with Gasteiger partial charge in [0.2, 0.25) is 11.8 Å². The Morgan fingerprint density at radius 1 is 1.18 bits per heavy atom. The van der Waals surface area contributed by atoms with Crippen LogP contribution >= 0.6 is 0 Å².